The first-order valence-corrected chi connectivity index (χ1v) is 8.10. The molecule has 1 aliphatic heterocycles. The van der Waals surface area contributed by atoms with E-state index in [1.165, 1.54) is 11.8 Å². The molecule has 5 heteroatoms. The average molecular weight is 329 g/mol. The largest absolute Gasteiger partial charge is 0.462 e. The molecule has 0 radical (unpaired) electrons. The van der Waals surface area contributed by atoms with E-state index < -0.39 is 0 Å². The first-order chi connectivity index (χ1) is 10.5. The first-order valence-electron chi connectivity index (χ1n) is 6.87. The number of thioether (sulfide) groups is 1. The number of carbonyl (C=O) groups is 1. The predicted octanol–water partition coefficient (Wildman–Crippen LogP) is 4.61. The number of furan rings is 1. The minimum Gasteiger partial charge on any atom is -0.462 e. The van der Waals surface area contributed by atoms with Crippen molar-refractivity contribution < 1.29 is 9.21 Å². The van der Waals surface area contributed by atoms with Crippen molar-refractivity contribution >= 4 is 46.0 Å². The van der Waals surface area contributed by atoms with Crippen LogP contribution in [0.4, 0.5) is 5.69 Å². The standard InChI is InChI=1S/C17H15NO2S2/c1-10-4-7-14(11(2)8-10)18-16(19)15(22-17(18)21)9-13-6-5-12(3)20-13/h4-9H,1-3H3. The summed E-state index contributed by atoms with van der Waals surface area (Å²) in [5.41, 5.74) is 3.03. The van der Waals surface area contributed by atoms with E-state index >= 15 is 0 Å². The van der Waals surface area contributed by atoms with E-state index in [1.807, 2.05) is 51.1 Å². The van der Waals surface area contributed by atoms with E-state index in [-0.39, 0.29) is 5.91 Å². The summed E-state index contributed by atoms with van der Waals surface area (Å²) in [7, 11) is 0. The van der Waals surface area contributed by atoms with E-state index in [1.54, 1.807) is 11.0 Å². The molecule has 1 saturated heterocycles. The highest BCUT2D eigenvalue weighted by Crippen LogP contribution is 2.37. The molecule has 22 heavy (non-hydrogen) atoms. The summed E-state index contributed by atoms with van der Waals surface area (Å²) < 4.78 is 6.05. The van der Waals surface area contributed by atoms with Gasteiger partial charge in [-0.25, -0.2) is 0 Å². The summed E-state index contributed by atoms with van der Waals surface area (Å²) in [5.74, 6) is 1.38. The maximum atomic E-state index is 12.7. The SMILES string of the molecule is Cc1ccc(N2C(=O)C(=Cc3ccc(C)o3)SC2=S)c(C)c1. The van der Waals surface area contributed by atoms with Crippen LogP contribution in [0.15, 0.2) is 39.7 Å². The number of rotatable bonds is 2. The molecule has 2 aromatic rings. The summed E-state index contributed by atoms with van der Waals surface area (Å²) in [4.78, 5) is 14.8. The Balaban J connectivity index is 1.96. The van der Waals surface area contributed by atoms with Crippen LogP contribution in [0, 0.1) is 20.8 Å². The highest BCUT2D eigenvalue weighted by atomic mass is 32.2. The lowest BCUT2D eigenvalue weighted by Crippen LogP contribution is -2.28. The molecule has 0 atom stereocenters. The van der Waals surface area contributed by atoms with E-state index in [0.29, 0.717) is 15.0 Å². The van der Waals surface area contributed by atoms with Crippen LogP contribution in [0.3, 0.4) is 0 Å². The van der Waals surface area contributed by atoms with Crippen LogP contribution in [-0.2, 0) is 4.79 Å². The predicted molar refractivity (Wildman–Crippen MR) is 95.0 cm³/mol. The molecule has 1 aromatic carbocycles. The van der Waals surface area contributed by atoms with Gasteiger partial charge in [-0.2, -0.15) is 0 Å². The fraction of sp³-hybridized carbons (Fsp3) is 0.176. The first kappa shape index (κ1) is 15.1. The molecule has 1 fully saturated rings. The highest BCUT2D eigenvalue weighted by molar-refractivity contribution is 8.27. The molecule has 0 spiro atoms. The number of benzene rings is 1. The molecule has 2 heterocycles. The summed E-state index contributed by atoms with van der Waals surface area (Å²) in [6, 6.07) is 9.69. The zero-order valence-electron chi connectivity index (χ0n) is 12.5. The van der Waals surface area contributed by atoms with Gasteiger partial charge in [0.05, 0.1) is 10.6 Å². The van der Waals surface area contributed by atoms with Crippen molar-refractivity contribution in [2.24, 2.45) is 0 Å². The summed E-state index contributed by atoms with van der Waals surface area (Å²) >= 11 is 6.69. The molecule has 3 rings (SSSR count). The topological polar surface area (TPSA) is 33.5 Å². The summed E-state index contributed by atoms with van der Waals surface area (Å²) in [5, 5.41) is 0. The highest BCUT2D eigenvalue weighted by Gasteiger charge is 2.34. The minimum atomic E-state index is -0.101. The van der Waals surface area contributed by atoms with Gasteiger partial charge in [-0.1, -0.05) is 41.7 Å². The van der Waals surface area contributed by atoms with Gasteiger partial charge < -0.3 is 4.42 Å². The zero-order chi connectivity index (χ0) is 15.9. The Morgan fingerprint density at radius 2 is 1.95 bits per heavy atom. The zero-order valence-corrected chi connectivity index (χ0v) is 14.2. The lowest BCUT2D eigenvalue weighted by Gasteiger charge is -2.17. The van der Waals surface area contributed by atoms with Gasteiger partial charge in [-0.15, -0.1) is 0 Å². The van der Waals surface area contributed by atoms with Gasteiger partial charge in [0.15, 0.2) is 4.32 Å². The van der Waals surface area contributed by atoms with Gasteiger partial charge in [-0.3, -0.25) is 9.69 Å². The fourth-order valence-corrected chi connectivity index (χ4v) is 3.66. The molecule has 1 aromatic heterocycles. The Morgan fingerprint density at radius 1 is 1.18 bits per heavy atom. The molecule has 0 saturated carbocycles. The molecule has 0 N–H and O–H groups in total. The van der Waals surface area contributed by atoms with E-state index in [4.69, 9.17) is 16.6 Å². The maximum Gasteiger partial charge on any atom is 0.270 e. The second kappa shape index (κ2) is 5.74. The van der Waals surface area contributed by atoms with Crippen LogP contribution in [0.25, 0.3) is 6.08 Å². The number of nitrogens with zero attached hydrogens (tertiary/aromatic N) is 1. The van der Waals surface area contributed by atoms with Crippen molar-refractivity contribution in [3.05, 3.63) is 57.9 Å². The molecule has 0 unspecified atom stereocenters. The Morgan fingerprint density at radius 3 is 2.59 bits per heavy atom. The quantitative estimate of drug-likeness (QED) is 0.595. The normalized spacial score (nSPS) is 16.9. The maximum absolute atomic E-state index is 12.7. The Bertz CT molecular complexity index is 805. The van der Waals surface area contributed by atoms with E-state index in [0.717, 1.165) is 22.6 Å². The number of carbonyl (C=O) groups excluding carboxylic acids is 1. The van der Waals surface area contributed by atoms with Crippen LogP contribution >= 0.6 is 24.0 Å². The van der Waals surface area contributed by atoms with Crippen molar-refractivity contribution in [1.82, 2.24) is 0 Å². The van der Waals surface area contributed by atoms with Crippen molar-refractivity contribution in [3.8, 4) is 0 Å². The lowest BCUT2D eigenvalue weighted by molar-refractivity contribution is -0.113. The summed E-state index contributed by atoms with van der Waals surface area (Å²) in [6.07, 6.45) is 1.75. The van der Waals surface area contributed by atoms with Gasteiger partial charge in [0.25, 0.3) is 5.91 Å². The third kappa shape index (κ3) is 2.74. The Kier molecular flexibility index (Phi) is 3.93. The molecular formula is C17H15NO2S2. The van der Waals surface area contributed by atoms with E-state index in [9.17, 15) is 4.79 Å². The van der Waals surface area contributed by atoms with Crippen LogP contribution in [-0.4, -0.2) is 10.2 Å². The van der Waals surface area contributed by atoms with Gasteiger partial charge in [-0.05, 0) is 44.5 Å². The van der Waals surface area contributed by atoms with Crippen molar-refractivity contribution in [1.29, 1.82) is 0 Å². The van der Waals surface area contributed by atoms with Crippen LogP contribution < -0.4 is 4.90 Å². The molecule has 1 aliphatic rings. The van der Waals surface area contributed by atoms with Crippen molar-refractivity contribution in [2.75, 3.05) is 4.90 Å². The second-order valence-electron chi connectivity index (χ2n) is 5.26. The minimum absolute atomic E-state index is 0.101. The number of aryl methyl sites for hydroxylation is 3. The molecule has 3 nitrogen and oxygen atoms in total. The van der Waals surface area contributed by atoms with Gasteiger partial charge in [0.1, 0.15) is 11.5 Å². The van der Waals surface area contributed by atoms with Crippen LogP contribution in [0.2, 0.25) is 0 Å². The number of anilines is 1. The van der Waals surface area contributed by atoms with E-state index in [2.05, 4.69) is 0 Å². The smallest absolute Gasteiger partial charge is 0.270 e. The third-order valence-electron chi connectivity index (χ3n) is 3.42. The third-order valence-corrected chi connectivity index (χ3v) is 4.72. The molecule has 0 aliphatic carbocycles. The summed E-state index contributed by atoms with van der Waals surface area (Å²) in [6.45, 7) is 5.89. The number of hydrogen-bond acceptors (Lipinski definition) is 4. The van der Waals surface area contributed by atoms with Crippen LogP contribution in [0.1, 0.15) is 22.6 Å². The molecule has 112 valence electrons. The molecular weight excluding hydrogens is 314 g/mol. The van der Waals surface area contributed by atoms with Gasteiger partial charge in [0.2, 0.25) is 0 Å². The molecule has 0 bridgehead atoms. The fourth-order valence-electron chi connectivity index (χ4n) is 2.39. The van der Waals surface area contributed by atoms with Gasteiger partial charge in [0, 0.05) is 6.08 Å². The Hall–Kier alpha value is -1.85. The second-order valence-corrected chi connectivity index (χ2v) is 6.93. The van der Waals surface area contributed by atoms with Crippen LogP contribution in [0.5, 0.6) is 0 Å². The van der Waals surface area contributed by atoms with Gasteiger partial charge >= 0.3 is 0 Å². The van der Waals surface area contributed by atoms with Crippen molar-refractivity contribution in [2.45, 2.75) is 20.8 Å². The van der Waals surface area contributed by atoms with Crippen molar-refractivity contribution in [3.63, 3.8) is 0 Å². The number of amides is 1. The average Bonchev–Trinajstić information content (AvgIpc) is 2.96. The Labute approximate surface area is 139 Å². The number of thiocarbonyl (C=S) groups is 1. The number of hydrogen-bond donors (Lipinski definition) is 0. The lowest BCUT2D eigenvalue weighted by atomic mass is 10.1. The molecule has 1 amide bonds. The monoisotopic (exact) mass is 329 g/mol.